The van der Waals surface area contributed by atoms with Gasteiger partial charge in [0.25, 0.3) is 0 Å². The summed E-state index contributed by atoms with van der Waals surface area (Å²) < 4.78 is 10.7. The molecule has 0 saturated carbocycles. The Hall–Kier alpha value is -1.97. The van der Waals surface area contributed by atoms with Gasteiger partial charge in [-0.1, -0.05) is 18.2 Å². The van der Waals surface area contributed by atoms with Gasteiger partial charge in [-0.3, -0.25) is 4.79 Å². The Balaban J connectivity index is 1.69. The molecule has 4 heteroatoms. The molecule has 0 bridgehead atoms. The van der Waals surface area contributed by atoms with E-state index in [4.69, 9.17) is 9.47 Å². The van der Waals surface area contributed by atoms with Crippen LogP contribution in [0.25, 0.3) is 0 Å². The van der Waals surface area contributed by atoms with Crippen LogP contribution in [0.5, 0.6) is 11.5 Å². The lowest BCUT2D eigenvalue weighted by Crippen LogP contribution is -2.36. The minimum atomic E-state index is 0.143. The zero-order valence-electron chi connectivity index (χ0n) is 12.4. The fourth-order valence-electron chi connectivity index (χ4n) is 2.88. The molecule has 4 nitrogen and oxygen atoms in total. The first-order chi connectivity index (χ1) is 10.3. The van der Waals surface area contributed by atoms with Gasteiger partial charge in [0.1, 0.15) is 0 Å². The molecule has 1 atom stereocenters. The summed E-state index contributed by atoms with van der Waals surface area (Å²) in [4.78, 5) is 14.5. The van der Waals surface area contributed by atoms with Gasteiger partial charge in [-0.05, 0) is 43.9 Å². The van der Waals surface area contributed by atoms with Crippen LogP contribution in [-0.4, -0.2) is 24.1 Å². The van der Waals surface area contributed by atoms with Crippen LogP contribution in [0.1, 0.15) is 31.7 Å². The smallest absolute Gasteiger partial charge is 0.231 e. The lowest BCUT2D eigenvalue weighted by Gasteiger charge is -2.27. The van der Waals surface area contributed by atoms with Crippen LogP contribution >= 0.6 is 0 Å². The monoisotopic (exact) mass is 287 g/mol. The number of amides is 1. The quantitative estimate of drug-likeness (QED) is 0.799. The van der Waals surface area contributed by atoms with Crippen molar-refractivity contribution in [3.63, 3.8) is 0 Å². The van der Waals surface area contributed by atoms with Gasteiger partial charge >= 0.3 is 0 Å². The summed E-state index contributed by atoms with van der Waals surface area (Å²) in [7, 11) is 0. The van der Waals surface area contributed by atoms with Gasteiger partial charge in [-0.2, -0.15) is 0 Å². The molecule has 1 aromatic carbocycles. The molecule has 0 radical (unpaired) electrons. The summed E-state index contributed by atoms with van der Waals surface area (Å²) in [5, 5.41) is 0. The van der Waals surface area contributed by atoms with Crippen LogP contribution in [0.15, 0.2) is 30.4 Å². The second-order valence-electron chi connectivity index (χ2n) is 5.52. The van der Waals surface area contributed by atoms with Crippen LogP contribution < -0.4 is 9.47 Å². The van der Waals surface area contributed by atoms with Gasteiger partial charge in [0.2, 0.25) is 12.7 Å². The Morgan fingerprint density at radius 3 is 2.90 bits per heavy atom. The molecule has 2 aliphatic rings. The van der Waals surface area contributed by atoms with Gasteiger partial charge in [-0.15, -0.1) is 0 Å². The van der Waals surface area contributed by atoms with Crippen molar-refractivity contribution in [2.75, 3.05) is 13.3 Å². The molecule has 0 fully saturated rings. The van der Waals surface area contributed by atoms with Crippen molar-refractivity contribution in [3.05, 3.63) is 35.9 Å². The van der Waals surface area contributed by atoms with Crippen LogP contribution in [0.3, 0.4) is 0 Å². The molecular weight excluding hydrogens is 266 g/mol. The van der Waals surface area contributed by atoms with E-state index in [1.54, 1.807) is 0 Å². The molecule has 0 N–H and O–H groups in total. The van der Waals surface area contributed by atoms with Gasteiger partial charge in [0.05, 0.1) is 0 Å². The second-order valence-corrected chi connectivity index (χ2v) is 5.52. The number of fused-ring (bicyclic) bond motifs is 1. The molecular formula is C17H21NO3. The van der Waals surface area contributed by atoms with E-state index in [-0.39, 0.29) is 18.6 Å². The highest BCUT2D eigenvalue weighted by atomic mass is 16.7. The molecule has 1 aliphatic heterocycles. The third-order valence-corrected chi connectivity index (χ3v) is 4.12. The third kappa shape index (κ3) is 3.04. The molecule has 3 rings (SSSR count). The van der Waals surface area contributed by atoms with Crippen molar-refractivity contribution in [3.8, 4) is 11.5 Å². The van der Waals surface area contributed by atoms with E-state index in [9.17, 15) is 4.79 Å². The van der Waals surface area contributed by atoms with Gasteiger partial charge in [0, 0.05) is 19.0 Å². The summed E-state index contributed by atoms with van der Waals surface area (Å²) in [5.41, 5.74) is 1.08. The second kappa shape index (κ2) is 6.20. The first-order valence-electron chi connectivity index (χ1n) is 7.60. The zero-order valence-corrected chi connectivity index (χ0v) is 12.4. The van der Waals surface area contributed by atoms with Gasteiger partial charge in [0.15, 0.2) is 11.5 Å². The molecule has 0 spiro atoms. The number of ether oxygens (including phenoxy) is 2. The first-order valence-corrected chi connectivity index (χ1v) is 7.60. The topological polar surface area (TPSA) is 38.8 Å². The normalized spacial score (nSPS) is 19.6. The van der Waals surface area contributed by atoms with Crippen LogP contribution in [0.4, 0.5) is 0 Å². The Bertz CT molecular complexity index is 553. The number of rotatable bonds is 4. The average Bonchev–Trinajstić information content (AvgIpc) is 3.00. The molecule has 1 unspecified atom stereocenters. The van der Waals surface area contributed by atoms with Crippen LogP contribution in [0, 0.1) is 5.92 Å². The maximum absolute atomic E-state index is 12.6. The summed E-state index contributed by atoms with van der Waals surface area (Å²) >= 11 is 0. The van der Waals surface area contributed by atoms with Crippen molar-refractivity contribution >= 4 is 5.91 Å². The molecule has 1 amide bonds. The Morgan fingerprint density at radius 1 is 1.29 bits per heavy atom. The van der Waals surface area contributed by atoms with Gasteiger partial charge < -0.3 is 14.4 Å². The van der Waals surface area contributed by atoms with E-state index in [2.05, 4.69) is 12.2 Å². The molecule has 1 aliphatic carbocycles. The number of carbonyl (C=O) groups excluding carboxylic acids is 1. The van der Waals surface area contributed by atoms with E-state index in [1.165, 1.54) is 0 Å². The highest BCUT2D eigenvalue weighted by molar-refractivity contribution is 5.79. The highest BCUT2D eigenvalue weighted by Gasteiger charge is 2.24. The fourth-order valence-corrected chi connectivity index (χ4v) is 2.88. The van der Waals surface area contributed by atoms with E-state index in [0.717, 1.165) is 42.9 Å². The fraction of sp³-hybridized carbons (Fsp3) is 0.471. The van der Waals surface area contributed by atoms with Gasteiger partial charge in [-0.25, -0.2) is 0 Å². The predicted molar refractivity (Wildman–Crippen MR) is 80.1 cm³/mol. The molecule has 1 aromatic rings. The minimum Gasteiger partial charge on any atom is -0.454 e. The van der Waals surface area contributed by atoms with Crippen molar-refractivity contribution in [2.24, 2.45) is 5.92 Å². The van der Waals surface area contributed by atoms with E-state index in [1.807, 2.05) is 30.0 Å². The third-order valence-electron chi connectivity index (χ3n) is 4.12. The lowest BCUT2D eigenvalue weighted by molar-refractivity contribution is -0.136. The predicted octanol–water partition coefficient (Wildman–Crippen LogP) is 3.12. The SMILES string of the molecule is CCN(Cc1ccc2c(c1)OCO2)C(=O)C1CC=CCC1. The standard InChI is InChI=1S/C17H21NO3/c1-2-18(17(19)14-6-4-3-5-7-14)11-13-8-9-15-16(10-13)21-12-20-15/h3-4,8-10,14H,2,5-7,11-12H2,1H3. The molecule has 1 heterocycles. The minimum absolute atomic E-state index is 0.143. The number of hydrogen-bond donors (Lipinski definition) is 0. The lowest BCUT2D eigenvalue weighted by atomic mass is 9.93. The molecule has 112 valence electrons. The zero-order chi connectivity index (χ0) is 14.7. The summed E-state index contributed by atoms with van der Waals surface area (Å²) in [6.45, 7) is 3.67. The van der Waals surface area contributed by atoms with Crippen molar-refractivity contribution in [1.82, 2.24) is 4.90 Å². The largest absolute Gasteiger partial charge is 0.454 e. The summed E-state index contributed by atoms with van der Waals surface area (Å²) in [5.74, 6) is 1.96. The van der Waals surface area contributed by atoms with E-state index < -0.39 is 0 Å². The summed E-state index contributed by atoms with van der Waals surface area (Å²) in [6.07, 6.45) is 7.14. The van der Waals surface area contributed by atoms with E-state index in [0.29, 0.717) is 6.54 Å². The van der Waals surface area contributed by atoms with Crippen LogP contribution in [0.2, 0.25) is 0 Å². The first kappa shape index (κ1) is 14.0. The molecule has 21 heavy (non-hydrogen) atoms. The number of carbonyl (C=O) groups is 1. The van der Waals surface area contributed by atoms with Crippen molar-refractivity contribution < 1.29 is 14.3 Å². The average molecular weight is 287 g/mol. The number of hydrogen-bond acceptors (Lipinski definition) is 3. The molecule has 0 saturated heterocycles. The number of allylic oxidation sites excluding steroid dienone is 2. The number of nitrogens with zero attached hydrogens (tertiary/aromatic N) is 1. The number of benzene rings is 1. The Labute approximate surface area is 125 Å². The maximum Gasteiger partial charge on any atom is 0.231 e. The summed E-state index contributed by atoms with van der Waals surface area (Å²) in [6, 6.07) is 5.89. The maximum atomic E-state index is 12.6. The molecule has 0 aromatic heterocycles. The Kier molecular flexibility index (Phi) is 4.13. The van der Waals surface area contributed by atoms with Crippen molar-refractivity contribution in [1.29, 1.82) is 0 Å². The van der Waals surface area contributed by atoms with Crippen molar-refractivity contribution in [2.45, 2.75) is 32.7 Å². The van der Waals surface area contributed by atoms with E-state index >= 15 is 0 Å². The van der Waals surface area contributed by atoms with Crippen LogP contribution in [-0.2, 0) is 11.3 Å². The Morgan fingerprint density at radius 2 is 2.14 bits per heavy atom. The highest BCUT2D eigenvalue weighted by Crippen LogP contribution is 2.33.